The molecule has 0 spiro atoms. The smallest absolute Gasteiger partial charge is 0.312 e. The summed E-state index contributed by atoms with van der Waals surface area (Å²) >= 11 is 5.53. The van der Waals surface area contributed by atoms with Gasteiger partial charge in [0.2, 0.25) is 0 Å². The van der Waals surface area contributed by atoms with Crippen LogP contribution in [-0.2, 0) is 4.79 Å². The van der Waals surface area contributed by atoms with Crippen molar-refractivity contribution in [2.24, 2.45) is 0 Å². The molecule has 1 aromatic rings. The number of hydrogen-bond donors (Lipinski definition) is 0. The second kappa shape index (κ2) is 4.61. The Morgan fingerprint density at radius 3 is 2.73 bits per heavy atom. The number of hydrogen-bond acceptors (Lipinski definition) is 5. The lowest BCUT2D eigenvalue weighted by Gasteiger charge is -2.06. The molecule has 0 radical (unpaired) electrons. The fourth-order valence-electron chi connectivity index (χ4n) is 0.892. The molecule has 0 aliphatic carbocycles. The summed E-state index contributed by atoms with van der Waals surface area (Å²) in [6.07, 6.45) is 0. The third kappa shape index (κ3) is 3.10. The predicted octanol–water partition coefficient (Wildman–Crippen LogP) is 0.377. The van der Waals surface area contributed by atoms with Crippen LogP contribution in [0.1, 0.15) is 0 Å². The normalized spacial score (nSPS) is 9.67. The molecule has 0 saturated carbocycles. The number of benzene rings is 1. The zero-order valence-electron chi connectivity index (χ0n) is 7.31. The Hall–Kier alpha value is -1.82. The minimum Gasteiger partial charge on any atom is -0.546 e. The molecule has 0 aliphatic heterocycles. The standard InChI is InChI=1S/C8H6ClNO5/c9-5-1-2-7(15-4-8(11)12)6(3-5)10(13)14/h1-3H,4H2,(H,11,12)/p-1. The van der Waals surface area contributed by atoms with Gasteiger partial charge in [-0.05, 0) is 12.1 Å². The summed E-state index contributed by atoms with van der Waals surface area (Å²) in [5, 5.41) is 20.8. The fraction of sp³-hybridized carbons (Fsp3) is 0.125. The molecule has 80 valence electrons. The van der Waals surface area contributed by atoms with Gasteiger partial charge in [0, 0.05) is 11.1 Å². The second-order valence-electron chi connectivity index (χ2n) is 2.53. The molecule has 1 rings (SSSR count). The number of carboxylic acid groups (broad SMARTS) is 1. The highest BCUT2D eigenvalue weighted by molar-refractivity contribution is 6.30. The molecule has 15 heavy (non-hydrogen) atoms. The van der Waals surface area contributed by atoms with Crippen LogP contribution in [0.4, 0.5) is 5.69 Å². The van der Waals surface area contributed by atoms with Gasteiger partial charge in [0.15, 0.2) is 5.75 Å². The SMILES string of the molecule is O=C([O-])COc1ccc(Cl)cc1[N+](=O)[O-]. The summed E-state index contributed by atoms with van der Waals surface area (Å²) in [4.78, 5) is 19.9. The molecule has 1 aromatic carbocycles. The molecule has 0 aliphatic rings. The van der Waals surface area contributed by atoms with E-state index < -0.39 is 17.5 Å². The largest absolute Gasteiger partial charge is 0.546 e. The summed E-state index contributed by atoms with van der Waals surface area (Å²) in [5.41, 5.74) is -0.385. The number of carbonyl (C=O) groups excluding carboxylic acids is 1. The highest BCUT2D eigenvalue weighted by Gasteiger charge is 2.15. The first-order valence-corrected chi connectivity index (χ1v) is 4.15. The van der Waals surface area contributed by atoms with Gasteiger partial charge in [-0.1, -0.05) is 11.6 Å². The third-order valence-electron chi connectivity index (χ3n) is 1.46. The van der Waals surface area contributed by atoms with Crippen molar-refractivity contribution in [2.45, 2.75) is 0 Å². The van der Waals surface area contributed by atoms with Gasteiger partial charge in [0.1, 0.15) is 6.61 Å². The quantitative estimate of drug-likeness (QED) is 0.551. The van der Waals surface area contributed by atoms with Crippen LogP contribution in [0, 0.1) is 10.1 Å². The monoisotopic (exact) mass is 230 g/mol. The molecule has 0 heterocycles. The first-order valence-electron chi connectivity index (χ1n) is 3.77. The average Bonchev–Trinajstić information content (AvgIpc) is 2.15. The number of ether oxygens (including phenoxy) is 1. The van der Waals surface area contributed by atoms with Crippen LogP contribution in [0.15, 0.2) is 18.2 Å². The molecular weight excluding hydrogens is 226 g/mol. The molecule has 7 heteroatoms. The number of halogens is 1. The zero-order valence-corrected chi connectivity index (χ0v) is 8.06. The van der Waals surface area contributed by atoms with Crippen LogP contribution in [0.5, 0.6) is 5.75 Å². The van der Waals surface area contributed by atoms with Gasteiger partial charge >= 0.3 is 5.69 Å². The van der Waals surface area contributed by atoms with Crippen LogP contribution >= 0.6 is 11.6 Å². The molecular formula is C8H5ClNO5-. The Labute approximate surface area is 89.2 Å². The Kier molecular flexibility index (Phi) is 3.46. The summed E-state index contributed by atoms with van der Waals surface area (Å²) in [7, 11) is 0. The minimum absolute atomic E-state index is 0.159. The highest BCUT2D eigenvalue weighted by Crippen LogP contribution is 2.29. The van der Waals surface area contributed by atoms with E-state index >= 15 is 0 Å². The number of carbonyl (C=O) groups is 1. The second-order valence-corrected chi connectivity index (χ2v) is 2.97. The van der Waals surface area contributed by atoms with Crippen LogP contribution in [0.2, 0.25) is 5.02 Å². The van der Waals surface area contributed by atoms with Crippen molar-refractivity contribution in [1.82, 2.24) is 0 Å². The van der Waals surface area contributed by atoms with Gasteiger partial charge < -0.3 is 14.6 Å². The van der Waals surface area contributed by atoms with E-state index in [2.05, 4.69) is 4.74 Å². The molecule has 0 fully saturated rings. The maximum Gasteiger partial charge on any atom is 0.312 e. The number of nitro benzene ring substituents is 1. The van der Waals surface area contributed by atoms with Crippen LogP contribution < -0.4 is 9.84 Å². The molecule has 6 nitrogen and oxygen atoms in total. The average molecular weight is 231 g/mol. The molecule has 0 aromatic heterocycles. The van der Waals surface area contributed by atoms with Gasteiger partial charge in [0.05, 0.1) is 10.9 Å². The summed E-state index contributed by atoms with van der Waals surface area (Å²) in [6, 6.07) is 3.66. The van der Waals surface area contributed by atoms with E-state index in [9.17, 15) is 20.0 Å². The third-order valence-corrected chi connectivity index (χ3v) is 1.70. The number of carboxylic acids is 1. The van der Waals surface area contributed by atoms with E-state index in [1.807, 2.05) is 0 Å². The van der Waals surface area contributed by atoms with E-state index in [0.717, 1.165) is 6.07 Å². The Morgan fingerprint density at radius 1 is 1.53 bits per heavy atom. The number of rotatable bonds is 4. The Bertz CT molecular complexity index is 406. The summed E-state index contributed by atoms with van der Waals surface area (Å²) in [6.45, 7) is -0.748. The lowest BCUT2D eigenvalue weighted by Crippen LogP contribution is -2.29. The van der Waals surface area contributed by atoms with Gasteiger partial charge in [-0.3, -0.25) is 10.1 Å². The summed E-state index contributed by atoms with van der Waals surface area (Å²) in [5.74, 6) is -1.62. The van der Waals surface area contributed by atoms with Gasteiger partial charge in [-0.15, -0.1) is 0 Å². The molecule has 0 bridgehead atoms. The van der Waals surface area contributed by atoms with Crippen molar-refractivity contribution in [3.8, 4) is 5.75 Å². The maximum absolute atomic E-state index is 10.5. The Morgan fingerprint density at radius 2 is 2.20 bits per heavy atom. The van der Waals surface area contributed by atoms with Crippen molar-refractivity contribution >= 4 is 23.3 Å². The van der Waals surface area contributed by atoms with E-state index in [-0.39, 0.29) is 16.5 Å². The number of nitrogens with zero attached hydrogens (tertiary/aromatic N) is 1. The van der Waals surface area contributed by atoms with Crippen molar-refractivity contribution in [3.63, 3.8) is 0 Å². The van der Waals surface area contributed by atoms with Gasteiger partial charge in [-0.2, -0.15) is 0 Å². The van der Waals surface area contributed by atoms with Crippen molar-refractivity contribution in [2.75, 3.05) is 6.61 Å². The van der Waals surface area contributed by atoms with E-state index in [0.29, 0.717) is 0 Å². The van der Waals surface area contributed by atoms with Gasteiger partial charge in [0.25, 0.3) is 0 Å². The minimum atomic E-state index is -1.46. The van der Waals surface area contributed by atoms with E-state index in [1.54, 1.807) is 0 Å². The maximum atomic E-state index is 10.5. The predicted molar refractivity (Wildman–Crippen MR) is 48.6 cm³/mol. The fourth-order valence-corrected chi connectivity index (χ4v) is 1.06. The molecule has 0 unspecified atom stereocenters. The lowest BCUT2D eigenvalue weighted by molar-refractivity contribution is -0.385. The van der Waals surface area contributed by atoms with Crippen LogP contribution in [-0.4, -0.2) is 17.5 Å². The first kappa shape index (κ1) is 11.3. The molecule has 0 N–H and O–H groups in total. The number of aliphatic carboxylic acids is 1. The van der Waals surface area contributed by atoms with Crippen molar-refractivity contribution in [3.05, 3.63) is 33.3 Å². The van der Waals surface area contributed by atoms with Crippen LogP contribution in [0.25, 0.3) is 0 Å². The van der Waals surface area contributed by atoms with Crippen molar-refractivity contribution in [1.29, 1.82) is 0 Å². The Balaban J connectivity index is 2.95. The molecule has 0 atom stereocenters. The number of nitro groups is 1. The zero-order chi connectivity index (χ0) is 11.4. The van der Waals surface area contributed by atoms with E-state index in [4.69, 9.17) is 11.6 Å². The molecule has 0 saturated heterocycles. The topological polar surface area (TPSA) is 92.5 Å². The highest BCUT2D eigenvalue weighted by atomic mass is 35.5. The van der Waals surface area contributed by atoms with E-state index in [1.165, 1.54) is 12.1 Å². The van der Waals surface area contributed by atoms with Crippen LogP contribution in [0.3, 0.4) is 0 Å². The first-order chi connectivity index (χ1) is 7.00. The summed E-state index contributed by atoms with van der Waals surface area (Å²) < 4.78 is 4.65. The lowest BCUT2D eigenvalue weighted by atomic mass is 10.3. The van der Waals surface area contributed by atoms with Crippen molar-refractivity contribution < 1.29 is 19.6 Å². The molecule has 0 amide bonds. The van der Waals surface area contributed by atoms with Gasteiger partial charge in [-0.25, -0.2) is 0 Å².